The van der Waals surface area contributed by atoms with Crippen LogP contribution in [0.5, 0.6) is 5.75 Å². The van der Waals surface area contributed by atoms with E-state index >= 15 is 0 Å². The molecular formula is C27H34N5O8P. The molecule has 1 aliphatic rings. The van der Waals surface area contributed by atoms with Gasteiger partial charge in [0, 0.05) is 0 Å². The number of fused-ring (bicyclic) bond motifs is 1. The number of para-hydroxylation sites is 1. The van der Waals surface area contributed by atoms with Crippen molar-refractivity contribution in [3.8, 4) is 11.8 Å². The number of anilines is 1. The Kier molecular flexibility index (Phi) is 9.63. The first-order chi connectivity index (χ1) is 19.7. The standard InChI is InChI=1S/C27H34N5O8P/c1-3-18(4-2)14-37-23(33)12-13-41(36,40-19-8-6-5-7-9-19)38-15-21-24(34)25(35)27(16-28,39-21)22-11-10-20-26(29)30-17-31-32(20)22/h5-11,17-18,21,24-25,34-35H,3-4,12-15H2,1-2H3,(H2,29,30,31)/t21-,24-,25-,27+,41+/m1/s1. The number of aliphatic hydroxyl groups is 2. The Bertz CT molecular complexity index is 1430. The van der Waals surface area contributed by atoms with Crippen LogP contribution in [0.1, 0.15) is 38.8 Å². The summed E-state index contributed by atoms with van der Waals surface area (Å²) in [6, 6.07) is 13.3. The Morgan fingerprint density at radius 1 is 1.24 bits per heavy atom. The molecule has 1 saturated heterocycles. The highest BCUT2D eigenvalue weighted by molar-refractivity contribution is 7.54. The van der Waals surface area contributed by atoms with Gasteiger partial charge in [-0.3, -0.25) is 9.32 Å². The van der Waals surface area contributed by atoms with Gasteiger partial charge >= 0.3 is 13.6 Å². The van der Waals surface area contributed by atoms with Crippen molar-refractivity contribution in [2.45, 2.75) is 57.0 Å². The summed E-state index contributed by atoms with van der Waals surface area (Å²) in [4.78, 5) is 16.3. The second-order valence-corrected chi connectivity index (χ2v) is 11.9. The number of ether oxygens (including phenoxy) is 2. The van der Waals surface area contributed by atoms with Crippen molar-refractivity contribution in [1.82, 2.24) is 14.6 Å². The Labute approximate surface area is 237 Å². The molecule has 3 aromatic rings. The SMILES string of the molecule is CCC(CC)COC(=O)CC[P@](=O)(OC[C@H]1O[C@@](C#N)(c2ccc3c(N)ncnn23)[C@H](O)[C@@H]1O)Oc1ccccc1. The summed E-state index contributed by atoms with van der Waals surface area (Å²) < 4.78 is 37.7. The van der Waals surface area contributed by atoms with Crippen LogP contribution in [0.15, 0.2) is 48.8 Å². The van der Waals surface area contributed by atoms with Crippen molar-refractivity contribution < 1.29 is 38.1 Å². The van der Waals surface area contributed by atoms with Crippen LogP contribution >= 0.6 is 7.60 Å². The number of esters is 1. The second kappa shape index (κ2) is 13.0. The molecule has 0 radical (unpaired) electrons. The smallest absolute Gasteiger partial charge is 0.379 e. The molecule has 0 saturated carbocycles. The van der Waals surface area contributed by atoms with Gasteiger partial charge in [0.15, 0.2) is 5.82 Å². The van der Waals surface area contributed by atoms with Gasteiger partial charge in [-0.1, -0.05) is 44.9 Å². The molecule has 0 amide bonds. The van der Waals surface area contributed by atoms with E-state index in [2.05, 4.69) is 10.1 Å². The van der Waals surface area contributed by atoms with E-state index in [-0.39, 0.29) is 42.4 Å². The molecule has 1 aliphatic heterocycles. The number of nitriles is 1. The molecule has 2 aromatic heterocycles. The molecule has 0 bridgehead atoms. The summed E-state index contributed by atoms with van der Waals surface area (Å²) in [6.07, 6.45) is -2.24. The Morgan fingerprint density at radius 2 is 1.98 bits per heavy atom. The Morgan fingerprint density at radius 3 is 2.66 bits per heavy atom. The quantitative estimate of drug-likeness (QED) is 0.196. The van der Waals surface area contributed by atoms with Crippen LogP contribution < -0.4 is 10.3 Å². The maximum Gasteiger partial charge on any atom is 0.379 e. The largest absolute Gasteiger partial charge is 0.465 e. The number of carbonyl (C=O) groups is 1. The fourth-order valence-corrected chi connectivity index (χ4v) is 6.10. The van der Waals surface area contributed by atoms with Crippen LogP contribution in [0.25, 0.3) is 5.52 Å². The highest BCUT2D eigenvalue weighted by atomic mass is 31.2. The molecule has 220 valence electrons. The van der Waals surface area contributed by atoms with Crippen molar-refractivity contribution in [3.05, 3.63) is 54.5 Å². The highest BCUT2D eigenvalue weighted by Gasteiger charge is 2.58. The fourth-order valence-electron chi connectivity index (χ4n) is 4.55. The van der Waals surface area contributed by atoms with E-state index in [0.717, 1.165) is 12.8 Å². The number of aromatic nitrogens is 3. The Hall–Kier alpha value is -3.53. The van der Waals surface area contributed by atoms with Crippen molar-refractivity contribution in [2.24, 2.45) is 5.92 Å². The van der Waals surface area contributed by atoms with Gasteiger partial charge in [-0.2, -0.15) is 10.4 Å². The lowest BCUT2D eigenvalue weighted by atomic mass is 9.92. The van der Waals surface area contributed by atoms with Crippen molar-refractivity contribution in [2.75, 3.05) is 25.1 Å². The fraction of sp³-hybridized carbons (Fsp3) is 0.481. The monoisotopic (exact) mass is 587 g/mol. The lowest BCUT2D eigenvalue weighted by molar-refractivity contribution is -0.144. The lowest BCUT2D eigenvalue weighted by Gasteiger charge is -2.24. The lowest BCUT2D eigenvalue weighted by Crippen LogP contribution is -2.41. The second-order valence-electron chi connectivity index (χ2n) is 9.75. The summed E-state index contributed by atoms with van der Waals surface area (Å²) in [5.74, 6) is 0.0768. The van der Waals surface area contributed by atoms with Crippen molar-refractivity contribution >= 4 is 24.9 Å². The van der Waals surface area contributed by atoms with E-state index in [1.54, 1.807) is 36.4 Å². The first-order valence-corrected chi connectivity index (χ1v) is 15.1. The molecule has 1 fully saturated rings. The number of benzene rings is 1. The van der Waals surface area contributed by atoms with Gasteiger partial charge < -0.3 is 29.9 Å². The maximum absolute atomic E-state index is 13.8. The molecule has 0 aliphatic carbocycles. The van der Waals surface area contributed by atoms with Gasteiger partial charge in [0.05, 0.1) is 31.5 Å². The van der Waals surface area contributed by atoms with Gasteiger partial charge in [0.1, 0.15) is 42.0 Å². The molecule has 1 aromatic carbocycles. The molecule has 0 unspecified atom stereocenters. The third-order valence-corrected chi connectivity index (χ3v) is 8.94. The summed E-state index contributed by atoms with van der Waals surface area (Å²) in [6.45, 7) is 3.77. The summed E-state index contributed by atoms with van der Waals surface area (Å²) >= 11 is 0. The predicted octanol–water partition coefficient (Wildman–Crippen LogP) is 2.81. The number of nitrogen functional groups attached to an aromatic ring is 1. The normalized spacial score (nSPS) is 23.8. The minimum Gasteiger partial charge on any atom is -0.465 e. The van der Waals surface area contributed by atoms with E-state index in [9.17, 15) is 24.8 Å². The van der Waals surface area contributed by atoms with Crippen LogP contribution in [0.2, 0.25) is 0 Å². The molecule has 5 atom stereocenters. The highest BCUT2D eigenvalue weighted by Crippen LogP contribution is 2.50. The van der Waals surface area contributed by atoms with Gasteiger partial charge in [-0.25, -0.2) is 14.1 Å². The summed E-state index contributed by atoms with van der Waals surface area (Å²) in [7, 11) is -4.01. The van der Waals surface area contributed by atoms with E-state index in [4.69, 9.17) is 24.3 Å². The Balaban J connectivity index is 1.50. The van der Waals surface area contributed by atoms with E-state index in [0.29, 0.717) is 5.52 Å². The summed E-state index contributed by atoms with van der Waals surface area (Å²) in [5, 5.41) is 36.0. The molecule has 13 nitrogen and oxygen atoms in total. The van der Waals surface area contributed by atoms with Crippen LogP contribution in [0.3, 0.4) is 0 Å². The van der Waals surface area contributed by atoms with Gasteiger partial charge in [-0.05, 0) is 30.2 Å². The number of nitrogens with two attached hydrogens (primary N) is 1. The average Bonchev–Trinajstić information content (AvgIpc) is 3.52. The summed E-state index contributed by atoms with van der Waals surface area (Å²) in [5.41, 5.74) is 4.33. The third-order valence-electron chi connectivity index (χ3n) is 7.13. The molecule has 41 heavy (non-hydrogen) atoms. The van der Waals surface area contributed by atoms with Gasteiger partial charge in [0.25, 0.3) is 0 Å². The minimum atomic E-state index is -4.01. The van der Waals surface area contributed by atoms with Crippen LogP contribution in [0.4, 0.5) is 5.82 Å². The zero-order valence-electron chi connectivity index (χ0n) is 22.8. The molecule has 14 heteroatoms. The van der Waals surface area contributed by atoms with Crippen molar-refractivity contribution in [3.63, 3.8) is 0 Å². The number of carbonyl (C=O) groups excluding carboxylic acids is 1. The number of nitrogens with zero attached hydrogens (tertiary/aromatic N) is 4. The topological polar surface area (TPSA) is 192 Å². The van der Waals surface area contributed by atoms with Crippen molar-refractivity contribution in [1.29, 1.82) is 5.26 Å². The number of aliphatic hydroxyl groups excluding tert-OH is 2. The van der Waals surface area contributed by atoms with E-state index in [1.165, 1.54) is 16.9 Å². The molecule has 3 heterocycles. The zero-order valence-corrected chi connectivity index (χ0v) is 23.7. The number of hydrogen-bond acceptors (Lipinski definition) is 12. The van der Waals surface area contributed by atoms with E-state index in [1.807, 2.05) is 19.9 Å². The van der Waals surface area contributed by atoms with Crippen LogP contribution in [-0.2, 0) is 29.0 Å². The maximum atomic E-state index is 13.8. The minimum absolute atomic E-state index is 0.113. The van der Waals surface area contributed by atoms with Gasteiger partial charge in [0.2, 0.25) is 5.60 Å². The van der Waals surface area contributed by atoms with Gasteiger partial charge in [-0.15, -0.1) is 0 Å². The molecule has 0 spiro atoms. The van der Waals surface area contributed by atoms with E-state index < -0.39 is 44.1 Å². The number of hydrogen-bond donors (Lipinski definition) is 3. The van der Waals surface area contributed by atoms with Crippen LogP contribution in [-0.4, -0.2) is 68.5 Å². The first-order valence-electron chi connectivity index (χ1n) is 13.3. The molecule has 4 N–H and O–H groups in total. The zero-order chi connectivity index (χ0) is 29.6. The third kappa shape index (κ3) is 6.53. The predicted molar refractivity (Wildman–Crippen MR) is 147 cm³/mol. The average molecular weight is 588 g/mol. The number of rotatable bonds is 13. The first kappa shape index (κ1) is 30.4. The van der Waals surface area contributed by atoms with Crippen LogP contribution in [0, 0.1) is 17.2 Å². The molecule has 4 rings (SSSR count). The molecular weight excluding hydrogens is 553 g/mol.